The molecule has 0 aromatic carbocycles. The van der Waals surface area contributed by atoms with Gasteiger partial charge in [0.05, 0.1) is 5.92 Å². The maximum Gasteiger partial charge on any atom is 0.391 e. The van der Waals surface area contributed by atoms with Crippen molar-refractivity contribution in [3.05, 3.63) is 0 Å². The van der Waals surface area contributed by atoms with Gasteiger partial charge in [0.25, 0.3) is 0 Å². The summed E-state index contributed by atoms with van der Waals surface area (Å²) in [4.78, 5) is 0. The van der Waals surface area contributed by atoms with Gasteiger partial charge in [-0.25, -0.2) is 0 Å². The Morgan fingerprint density at radius 3 is 2.00 bits per heavy atom. The van der Waals surface area contributed by atoms with Gasteiger partial charge in [-0.3, -0.25) is 0 Å². The molecule has 1 fully saturated rings. The monoisotopic (exact) mass is 178 g/mol. The molecule has 0 unspecified atom stereocenters. The van der Waals surface area contributed by atoms with Crippen LogP contribution in [0.2, 0.25) is 5.31 Å². The fourth-order valence-corrected chi connectivity index (χ4v) is 1.73. The largest absolute Gasteiger partial charge is 0.391 e. The van der Waals surface area contributed by atoms with Gasteiger partial charge < -0.3 is 0 Å². The van der Waals surface area contributed by atoms with E-state index < -0.39 is 12.1 Å². The van der Waals surface area contributed by atoms with Crippen LogP contribution in [-0.2, 0) is 0 Å². The molecule has 0 aromatic heterocycles. The third-order valence-electron chi connectivity index (χ3n) is 2.80. The molecule has 0 aliphatic heterocycles. The molecule has 0 atom stereocenters. The summed E-state index contributed by atoms with van der Waals surface area (Å²) in [7, 11) is 2.04. The van der Waals surface area contributed by atoms with Crippen LogP contribution < -0.4 is 0 Å². The second-order valence-electron chi connectivity index (χ2n) is 4.48. The molecule has 0 radical (unpaired) electrons. The average molecular weight is 178 g/mol. The van der Waals surface area contributed by atoms with Crippen LogP contribution in [0.25, 0.3) is 0 Å². The molecule has 1 rings (SSSR count). The first-order valence-corrected chi connectivity index (χ1v) is 4.38. The molecule has 12 heavy (non-hydrogen) atoms. The first kappa shape index (κ1) is 9.94. The molecule has 0 nitrogen and oxygen atoms in total. The van der Waals surface area contributed by atoms with E-state index in [1.54, 1.807) is 0 Å². The van der Waals surface area contributed by atoms with E-state index in [-0.39, 0.29) is 5.31 Å². The molecule has 0 bridgehead atoms. The van der Waals surface area contributed by atoms with Crippen LogP contribution in [-0.4, -0.2) is 14.0 Å². The second-order valence-corrected chi connectivity index (χ2v) is 4.48. The zero-order chi connectivity index (χ0) is 9.41. The van der Waals surface area contributed by atoms with Crippen molar-refractivity contribution in [3.8, 4) is 0 Å². The predicted molar refractivity (Wildman–Crippen MR) is 44.9 cm³/mol. The molecular formula is C8H14BF3. The van der Waals surface area contributed by atoms with Crippen LogP contribution in [0, 0.1) is 5.92 Å². The Morgan fingerprint density at radius 2 is 1.67 bits per heavy atom. The molecule has 1 aliphatic rings. The van der Waals surface area contributed by atoms with E-state index in [9.17, 15) is 13.2 Å². The summed E-state index contributed by atoms with van der Waals surface area (Å²) < 4.78 is 36.6. The lowest BCUT2D eigenvalue weighted by atomic mass is 9.60. The van der Waals surface area contributed by atoms with Crippen molar-refractivity contribution in [2.45, 2.75) is 44.1 Å². The number of hydrogen-bond donors (Lipinski definition) is 0. The Labute approximate surface area is 71.9 Å². The first-order chi connectivity index (χ1) is 5.31. The number of hydrogen-bond acceptors (Lipinski definition) is 0. The summed E-state index contributed by atoms with van der Waals surface area (Å²) >= 11 is 0. The topological polar surface area (TPSA) is 0 Å². The molecule has 4 heteroatoms. The van der Waals surface area contributed by atoms with E-state index in [1.165, 1.54) is 0 Å². The minimum atomic E-state index is -3.96. The highest BCUT2D eigenvalue weighted by Gasteiger charge is 2.42. The molecule has 0 heterocycles. The highest BCUT2D eigenvalue weighted by Crippen LogP contribution is 2.46. The first-order valence-electron chi connectivity index (χ1n) is 4.38. The van der Waals surface area contributed by atoms with E-state index in [4.69, 9.17) is 0 Å². The van der Waals surface area contributed by atoms with Gasteiger partial charge in [0.2, 0.25) is 0 Å². The van der Waals surface area contributed by atoms with Gasteiger partial charge in [-0.1, -0.05) is 25.1 Å². The van der Waals surface area contributed by atoms with Crippen LogP contribution in [0.3, 0.4) is 0 Å². The zero-order valence-electron chi connectivity index (χ0n) is 7.54. The molecule has 70 valence electrons. The Bertz CT molecular complexity index is 152. The van der Waals surface area contributed by atoms with Gasteiger partial charge in [0, 0.05) is 0 Å². The lowest BCUT2D eigenvalue weighted by Gasteiger charge is -2.35. The summed E-state index contributed by atoms with van der Waals surface area (Å²) in [5.74, 6) is -1.04. The molecule has 1 saturated carbocycles. The van der Waals surface area contributed by atoms with Crippen molar-refractivity contribution in [3.63, 3.8) is 0 Å². The summed E-state index contributed by atoms with van der Waals surface area (Å²) in [6, 6.07) is 0. The Hall–Kier alpha value is -0.145. The fourth-order valence-electron chi connectivity index (χ4n) is 1.73. The molecule has 0 saturated heterocycles. The normalized spacial score (nSPS) is 38.2. The summed E-state index contributed by atoms with van der Waals surface area (Å²) in [6.45, 7) is 2.04. The smallest absolute Gasteiger partial charge is 0.171 e. The van der Waals surface area contributed by atoms with Crippen LogP contribution in [0.1, 0.15) is 32.6 Å². The standard InChI is InChI=1S/C8H14BF3/c1-7(9)4-2-6(3-5-7)8(10,11)12/h6H,2-5,9H2,1H3. The highest BCUT2D eigenvalue weighted by molar-refractivity contribution is 6.14. The molecule has 0 amide bonds. The predicted octanol–water partition coefficient (Wildman–Crippen LogP) is 2.55. The van der Waals surface area contributed by atoms with Crippen LogP contribution in [0.5, 0.6) is 0 Å². The van der Waals surface area contributed by atoms with Gasteiger partial charge in [0.1, 0.15) is 7.85 Å². The minimum absolute atomic E-state index is 0.127. The van der Waals surface area contributed by atoms with Crippen molar-refractivity contribution in [2.24, 2.45) is 5.92 Å². The molecule has 0 N–H and O–H groups in total. The van der Waals surface area contributed by atoms with Crippen molar-refractivity contribution in [1.82, 2.24) is 0 Å². The van der Waals surface area contributed by atoms with E-state index >= 15 is 0 Å². The van der Waals surface area contributed by atoms with Gasteiger partial charge in [-0.15, -0.1) is 0 Å². The van der Waals surface area contributed by atoms with Gasteiger partial charge in [-0.2, -0.15) is 13.2 Å². The van der Waals surface area contributed by atoms with Gasteiger partial charge in [-0.05, 0) is 12.8 Å². The third-order valence-corrected chi connectivity index (χ3v) is 2.80. The highest BCUT2D eigenvalue weighted by atomic mass is 19.4. The lowest BCUT2D eigenvalue weighted by molar-refractivity contribution is -0.183. The van der Waals surface area contributed by atoms with Crippen molar-refractivity contribution in [1.29, 1.82) is 0 Å². The molecular weight excluding hydrogens is 164 g/mol. The number of halogens is 3. The maximum absolute atomic E-state index is 12.2. The number of rotatable bonds is 0. The zero-order valence-corrected chi connectivity index (χ0v) is 7.54. The maximum atomic E-state index is 12.2. The molecule has 0 aromatic rings. The van der Waals surface area contributed by atoms with Crippen molar-refractivity contribution >= 4 is 7.85 Å². The van der Waals surface area contributed by atoms with Gasteiger partial charge >= 0.3 is 6.18 Å². The van der Waals surface area contributed by atoms with Crippen LogP contribution >= 0.6 is 0 Å². The lowest BCUT2D eigenvalue weighted by Crippen LogP contribution is -2.29. The van der Waals surface area contributed by atoms with Crippen molar-refractivity contribution < 1.29 is 13.2 Å². The summed E-state index contributed by atoms with van der Waals surface area (Å²) in [5.41, 5.74) is 0. The van der Waals surface area contributed by atoms with Crippen molar-refractivity contribution in [2.75, 3.05) is 0 Å². The van der Waals surface area contributed by atoms with Crippen LogP contribution in [0.4, 0.5) is 13.2 Å². The summed E-state index contributed by atoms with van der Waals surface area (Å²) in [6.07, 6.45) is -1.92. The Balaban J connectivity index is 2.47. The van der Waals surface area contributed by atoms with E-state index in [1.807, 2.05) is 14.8 Å². The van der Waals surface area contributed by atoms with Crippen LogP contribution in [0.15, 0.2) is 0 Å². The Morgan fingerprint density at radius 1 is 1.25 bits per heavy atom. The quantitative estimate of drug-likeness (QED) is 0.500. The Kier molecular flexibility index (Phi) is 2.46. The molecule has 1 aliphatic carbocycles. The summed E-state index contributed by atoms with van der Waals surface area (Å²) in [5, 5.41) is 0.127. The van der Waals surface area contributed by atoms with E-state index in [2.05, 4.69) is 0 Å². The minimum Gasteiger partial charge on any atom is -0.171 e. The van der Waals surface area contributed by atoms with Gasteiger partial charge in [0.15, 0.2) is 0 Å². The number of alkyl halides is 3. The average Bonchev–Trinajstić information content (AvgIpc) is 1.83. The van der Waals surface area contributed by atoms with E-state index in [0.29, 0.717) is 25.7 Å². The SMILES string of the molecule is BC1(C)CCC(C(F)(F)F)CC1. The fraction of sp³-hybridized carbons (Fsp3) is 1.00. The third kappa shape index (κ3) is 2.42. The van der Waals surface area contributed by atoms with E-state index in [0.717, 1.165) is 0 Å². The second kappa shape index (κ2) is 2.97. The molecule has 0 spiro atoms.